The molecule has 78 valence electrons. The van der Waals surface area contributed by atoms with Gasteiger partial charge in [0.05, 0.1) is 5.51 Å². The van der Waals surface area contributed by atoms with Gasteiger partial charge in [-0.1, -0.05) is 0 Å². The van der Waals surface area contributed by atoms with E-state index in [1.54, 1.807) is 23.1 Å². The first kappa shape index (κ1) is 8.91. The zero-order valence-electron chi connectivity index (χ0n) is 8.22. The third kappa shape index (κ3) is 1.63. The topological polar surface area (TPSA) is 42.2 Å². The average molecular weight is 221 g/mol. The third-order valence-electron chi connectivity index (χ3n) is 2.56. The summed E-state index contributed by atoms with van der Waals surface area (Å²) < 4.78 is 5.45. The maximum absolute atomic E-state index is 5.45. The molecule has 0 atom stereocenters. The van der Waals surface area contributed by atoms with E-state index >= 15 is 0 Å². The molecule has 0 aromatic carbocycles. The van der Waals surface area contributed by atoms with Crippen LogP contribution in [0.3, 0.4) is 0 Å². The Morgan fingerprint density at radius 1 is 1.27 bits per heavy atom. The van der Waals surface area contributed by atoms with Crippen LogP contribution in [0.4, 0.5) is 6.01 Å². The van der Waals surface area contributed by atoms with Gasteiger partial charge in [0.15, 0.2) is 0 Å². The molecule has 2 aromatic rings. The number of anilines is 1. The van der Waals surface area contributed by atoms with Crippen molar-refractivity contribution in [2.24, 2.45) is 0 Å². The highest BCUT2D eigenvalue weighted by Crippen LogP contribution is 2.24. The van der Waals surface area contributed by atoms with Crippen LogP contribution in [0.25, 0.3) is 11.4 Å². The zero-order valence-corrected chi connectivity index (χ0v) is 9.04. The van der Waals surface area contributed by atoms with Gasteiger partial charge >= 0.3 is 0 Å². The van der Waals surface area contributed by atoms with E-state index in [1.807, 2.05) is 5.38 Å². The van der Waals surface area contributed by atoms with E-state index in [0.717, 1.165) is 30.5 Å². The molecular weight excluding hydrogens is 210 g/mol. The molecule has 1 saturated heterocycles. The number of thiazole rings is 1. The van der Waals surface area contributed by atoms with E-state index in [-0.39, 0.29) is 0 Å². The van der Waals surface area contributed by atoms with E-state index in [1.165, 1.54) is 12.8 Å². The van der Waals surface area contributed by atoms with Crippen molar-refractivity contribution in [3.63, 3.8) is 0 Å². The van der Waals surface area contributed by atoms with Crippen molar-refractivity contribution >= 4 is 17.4 Å². The summed E-state index contributed by atoms with van der Waals surface area (Å²) in [5.41, 5.74) is 3.53. The number of hydrogen-bond donors (Lipinski definition) is 0. The maximum atomic E-state index is 5.45. The molecule has 3 rings (SSSR count). The molecule has 3 heterocycles. The van der Waals surface area contributed by atoms with Gasteiger partial charge in [0.2, 0.25) is 0 Å². The molecule has 1 aliphatic heterocycles. The highest BCUT2D eigenvalue weighted by molar-refractivity contribution is 7.07. The highest BCUT2D eigenvalue weighted by atomic mass is 32.1. The summed E-state index contributed by atoms with van der Waals surface area (Å²) >= 11 is 1.57. The van der Waals surface area contributed by atoms with E-state index in [4.69, 9.17) is 4.42 Å². The molecular formula is C10H11N3OS. The number of nitrogens with zero attached hydrogens (tertiary/aromatic N) is 3. The molecule has 0 aliphatic carbocycles. The van der Waals surface area contributed by atoms with Crippen LogP contribution >= 0.6 is 11.3 Å². The molecule has 15 heavy (non-hydrogen) atoms. The van der Waals surface area contributed by atoms with Crippen LogP contribution in [0.15, 0.2) is 21.6 Å². The maximum Gasteiger partial charge on any atom is 0.297 e. The van der Waals surface area contributed by atoms with Crippen molar-refractivity contribution in [2.45, 2.75) is 12.8 Å². The van der Waals surface area contributed by atoms with Gasteiger partial charge in [-0.25, -0.2) is 4.98 Å². The number of aromatic nitrogens is 2. The molecule has 0 N–H and O–H groups in total. The Labute approximate surface area is 91.6 Å². The van der Waals surface area contributed by atoms with Crippen LogP contribution < -0.4 is 4.90 Å². The molecule has 0 spiro atoms. The Morgan fingerprint density at radius 2 is 2.13 bits per heavy atom. The molecule has 0 unspecified atom stereocenters. The summed E-state index contributed by atoms with van der Waals surface area (Å²) in [5.74, 6) is 0. The fraction of sp³-hybridized carbons (Fsp3) is 0.400. The van der Waals surface area contributed by atoms with Crippen molar-refractivity contribution in [1.82, 2.24) is 9.97 Å². The normalized spacial score (nSPS) is 16.1. The number of oxazole rings is 1. The Kier molecular flexibility index (Phi) is 2.17. The molecule has 1 fully saturated rings. The molecule has 1 aliphatic rings. The molecule has 0 saturated carbocycles. The van der Waals surface area contributed by atoms with Gasteiger partial charge in [-0.3, -0.25) is 0 Å². The first-order chi connectivity index (χ1) is 7.43. The molecule has 4 nitrogen and oxygen atoms in total. The summed E-state index contributed by atoms with van der Waals surface area (Å²) in [7, 11) is 0. The van der Waals surface area contributed by atoms with Crippen molar-refractivity contribution in [3.8, 4) is 11.4 Å². The lowest BCUT2D eigenvalue weighted by Gasteiger charge is -2.10. The van der Waals surface area contributed by atoms with Crippen molar-refractivity contribution in [1.29, 1.82) is 0 Å². The second-order valence-electron chi connectivity index (χ2n) is 3.58. The quantitative estimate of drug-likeness (QED) is 0.781. The third-order valence-corrected chi connectivity index (χ3v) is 3.15. The summed E-state index contributed by atoms with van der Waals surface area (Å²) in [6.07, 6.45) is 4.14. The van der Waals surface area contributed by atoms with Crippen LogP contribution in [0.1, 0.15) is 12.8 Å². The Bertz CT molecular complexity index is 431. The lowest BCUT2D eigenvalue weighted by atomic mass is 10.4. The second-order valence-corrected chi connectivity index (χ2v) is 4.30. The first-order valence-electron chi connectivity index (χ1n) is 5.02. The summed E-state index contributed by atoms with van der Waals surface area (Å²) in [6.45, 7) is 2.11. The van der Waals surface area contributed by atoms with E-state index in [9.17, 15) is 0 Å². The van der Waals surface area contributed by atoms with E-state index < -0.39 is 0 Å². The van der Waals surface area contributed by atoms with Crippen LogP contribution in [0.2, 0.25) is 0 Å². The Balaban J connectivity index is 1.87. The van der Waals surface area contributed by atoms with Crippen LogP contribution in [-0.4, -0.2) is 23.1 Å². The molecule has 5 heteroatoms. The second kappa shape index (κ2) is 3.66. The summed E-state index contributed by atoms with van der Waals surface area (Å²) in [4.78, 5) is 10.8. The SMILES string of the molecule is c1nc(-c2coc(N3CCCC3)n2)cs1. The summed E-state index contributed by atoms with van der Waals surface area (Å²) in [5, 5.41) is 1.98. The largest absolute Gasteiger partial charge is 0.431 e. The average Bonchev–Trinajstić information content (AvgIpc) is 3.02. The molecule has 0 bridgehead atoms. The van der Waals surface area contributed by atoms with Gasteiger partial charge in [-0.15, -0.1) is 11.3 Å². The van der Waals surface area contributed by atoms with Gasteiger partial charge < -0.3 is 9.32 Å². The lowest BCUT2D eigenvalue weighted by Crippen LogP contribution is -2.17. The van der Waals surface area contributed by atoms with Gasteiger partial charge in [-0.05, 0) is 12.8 Å². The molecule has 0 amide bonds. The van der Waals surface area contributed by atoms with Gasteiger partial charge in [0, 0.05) is 18.5 Å². The minimum atomic E-state index is 0.732. The fourth-order valence-corrected chi connectivity index (χ4v) is 2.32. The van der Waals surface area contributed by atoms with E-state index in [0.29, 0.717) is 0 Å². The molecule has 2 aromatic heterocycles. The predicted molar refractivity (Wildman–Crippen MR) is 59.1 cm³/mol. The Morgan fingerprint density at radius 3 is 2.87 bits per heavy atom. The lowest BCUT2D eigenvalue weighted by molar-refractivity contribution is 0.547. The van der Waals surface area contributed by atoms with Gasteiger partial charge in [0.25, 0.3) is 6.01 Å². The van der Waals surface area contributed by atoms with Crippen molar-refractivity contribution in [3.05, 3.63) is 17.2 Å². The van der Waals surface area contributed by atoms with Gasteiger partial charge in [0.1, 0.15) is 17.7 Å². The minimum absolute atomic E-state index is 0.732. The van der Waals surface area contributed by atoms with Crippen LogP contribution in [0.5, 0.6) is 0 Å². The first-order valence-corrected chi connectivity index (χ1v) is 5.97. The monoisotopic (exact) mass is 221 g/mol. The van der Waals surface area contributed by atoms with Crippen molar-refractivity contribution in [2.75, 3.05) is 18.0 Å². The number of hydrogen-bond acceptors (Lipinski definition) is 5. The smallest absolute Gasteiger partial charge is 0.297 e. The van der Waals surface area contributed by atoms with Crippen LogP contribution in [-0.2, 0) is 0 Å². The van der Waals surface area contributed by atoms with E-state index in [2.05, 4.69) is 14.9 Å². The van der Waals surface area contributed by atoms with Crippen molar-refractivity contribution < 1.29 is 4.42 Å². The predicted octanol–water partition coefficient (Wildman–Crippen LogP) is 2.40. The minimum Gasteiger partial charge on any atom is -0.431 e. The zero-order chi connectivity index (χ0) is 10.1. The molecule has 0 radical (unpaired) electrons. The fourth-order valence-electron chi connectivity index (χ4n) is 1.77. The van der Waals surface area contributed by atoms with Crippen LogP contribution in [0, 0.1) is 0 Å². The highest BCUT2D eigenvalue weighted by Gasteiger charge is 2.17. The summed E-state index contributed by atoms with van der Waals surface area (Å²) in [6, 6.07) is 0.732. The Hall–Kier alpha value is -1.36. The number of rotatable bonds is 2. The standard InChI is InChI=1S/C10H11N3OS/c1-2-4-13(3-1)10-12-8(5-14-10)9-6-15-7-11-9/h5-7H,1-4H2. The van der Waals surface area contributed by atoms with Gasteiger partial charge in [-0.2, -0.15) is 4.98 Å².